The molecular weight excluding hydrogens is 154 g/mol. The first-order valence-electron chi connectivity index (χ1n) is 4.29. The molecule has 1 heterocycles. The predicted molar refractivity (Wildman–Crippen MR) is 46.6 cm³/mol. The minimum absolute atomic E-state index is 0.0542. The summed E-state index contributed by atoms with van der Waals surface area (Å²) in [4.78, 5) is 12.6. The van der Waals surface area contributed by atoms with Crippen LogP contribution in [-0.4, -0.2) is 35.0 Å². The summed E-state index contributed by atoms with van der Waals surface area (Å²) in [5.74, 6) is 0.0542. The van der Waals surface area contributed by atoms with E-state index in [0.29, 0.717) is 0 Å². The fraction of sp³-hybridized carbons (Fsp3) is 0.667. The number of ketones is 1. The normalized spacial score (nSPS) is 23.8. The Morgan fingerprint density at radius 1 is 1.75 bits per heavy atom. The number of allylic oxidation sites excluding steroid dienone is 1. The number of carbonyl (C=O) groups is 1. The Morgan fingerprint density at radius 2 is 2.50 bits per heavy atom. The summed E-state index contributed by atoms with van der Waals surface area (Å²) >= 11 is 0. The summed E-state index contributed by atoms with van der Waals surface area (Å²) in [5.41, 5.74) is 0. The molecule has 0 bridgehead atoms. The Balaban J connectivity index is 2.45. The topological polar surface area (TPSA) is 40.5 Å². The van der Waals surface area contributed by atoms with E-state index in [4.69, 9.17) is 5.11 Å². The standard InChI is InChI=1S/C9H15NO2/c1-8(12)4-6-10-5-2-3-9(10)7-11/h4,6,9,11H,2-3,5,7H2,1H3/b6-4+/t9-/m1/s1. The molecule has 0 aromatic heterocycles. The maximum absolute atomic E-state index is 10.6. The second-order valence-corrected chi connectivity index (χ2v) is 3.14. The average Bonchev–Trinajstić information content (AvgIpc) is 2.47. The smallest absolute Gasteiger partial charge is 0.154 e. The van der Waals surface area contributed by atoms with Crippen molar-refractivity contribution in [3.05, 3.63) is 12.3 Å². The lowest BCUT2D eigenvalue weighted by molar-refractivity contribution is -0.112. The third-order valence-electron chi connectivity index (χ3n) is 2.13. The molecule has 1 fully saturated rings. The first-order chi connectivity index (χ1) is 5.74. The Bertz CT molecular complexity index is 189. The van der Waals surface area contributed by atoms with Gasteiger partial charge in [0.15, 0.2) is 5.78 Å². The molecule has 68 valence electrons. The summed E-state index contributed by atoms with van der Waals surface area (Å²) < 4.78 is 0. The van der Waals surface area contributed by atoms with E-state index in [9.17, 15) is 4.79 Å². The molecule has 1 atom stereocenters. The molecule has 1 saturated heterocycles. The van der Waals surface area contributed by atoms with Crippen molar-refractivity contribution in [3.63, 3.8) is 0 Å². The number of aliphatic hydroxyl groups is 1. The van der Waals surface area contributed by atoms with E-state index in [2.05, 4.69) is 0 Å². The molecule has 0 spiro atoms. The monoisotopic (exact) mass is 169 g/mol. The van der Waals surface area contributed by atoms with Crippen molar-refractivity contribution in [3.8, 4) is 0 Å². The van der Waals surface area contributed by atoms with Crippen molar-refractivity contribution < 1.29 is 9.90 Å². The maximum Gasteiger partial charge on any atom is 0.154 e. The van der Waals surface area contributed by atoms with Gasteiger partial charge < -0.3 is 10.0 Å². The molecule has 1 rings (SSSR count). The largest absolute Gasteiger partial charge is 0.394 e. The fourth-order valence-electron chi connectivity index (χ4n) is 1.45. The van der Waals surface area contributed by atoms with Gasteiger partial charge in [-0.25, -0.2) is 0 Å². The molecule has 12 heavy (non-hydrogen) atoms. The molecular formula is C9H15NO2. The van der Waals surface area contributed by atoms with Crippen LogP contribution in [0, 0.1) is 0 Å². The second kappa shape index (κ2) is 4.26. The molecule has 0 aromatic rings. The summed E-state index contributed by atoms with van der Waals surface area (Å²) in [6.45, 7) is 2.66. The van der Waals surface area contributed by atoms with Crippen LogP contribution in [0.4, 0.5) is 0 Å². The zero-order valence-corrected chi connectivity index (χ0v) is 7.36. The number of carbonyl (C=O) groups excluding carboxylic acids is 1. The Morgan fingerprint density at radius 3 is 3.08 bits per heavy atom. The molecule has 0 aromatic carbocycles. The molecule has 1 aliphatic heterocycles. The van der Waals surface area contributed by atoms with Crippen LogP contribution >= 0.6 is 0 Å². The fourth-order valence-corrected chi connectivity index (χ4v) is 1.45. The first kappa shape index (κ1) is 9.26. The van der Waals surface area contributed by atoms with Crippen LogP contribution in [0.2, 0.25) is 0 Å². The lowest BCUT2D eigenvalue weighted by atomic mass is 10.2. The van der Waals surface area contributed by atoms with Gasteiger partial charge in [-0.05, 0) is 25.8 Å². The molecule has 1 aliphatic rings. The highest BCUT2D eigenvalue weighted by Gasteiger charge is 2.20. The van der Waals surface area contributed by atoms with Gasteiger partial charge in [-0.15, -0.1) is 0 Å². The number of likely N-dealkylation sites (tertiary alicyclic amines) is 1. The van der Waals surface area contributed by atoms with Crippen LogP contribution in [0.15, 0.2) is 12.3 Å². The molecule has 0 saturated carbocycles. The number of hydrogen-bond donors (Lipinski definition) is 1. The first-order valence-corrected chi connectivity index (χ1v) is 4.29. The number of nitrogens with zero attached hydrogens (tertiary/aromatic N) is 1. The van der Waals surface area contributed by atoms with Gasteiger partial charge in [0.1, 0.15) is 0 Å². The van der Waals surface area contributed by atoms with E-state index < -0.39 is 0 Å². The van der Waals surface area contributed by atoms with E-state index in [1.54, 1.807) is 12.3 Å². The quantitative estimate of drug-likeness (QED) is 0.627. The summed E-state index contributed by atoms with van der Waals surface area (Å²) in [7, 11) is 0. The second-order valence-electron chi connectivity index (χ2n) is 3.14. The molecule has 0 aliphatic carbocycles. The van der Waals surface area contributed by atoms with Crippen molar-refractivity contribution in [2.45, 2.75) is 25.8 Å². The molecule has 0 radical (unpaired) electrons. The maximum atomic E-state index is 10.6. The van der Waals surface area contributed by atoms with Crippen molar-refractivity contribution in [1.29, 1.82) is 0 Å². The molecule has 0 amide bonds. The highest BCUT2D eigenvalue weighted by atomic mass is 16.3. The van der Waals surface area contributed by atoms with Gasteiger partial charge in [0.05, 0.1) is 12.6 Å². The van der Waals surface area contributed by atoms with Gasteiger partial charge >= 0.3 is 0 Å². The van der Waals surface area contributed by atoms with Crippen molar-refractivity contribution in [2.24, 2.45) is 0 Å². The van der Waals surface area contributed by atoms with Crippen LogP contribution in [0.5, 0.6) is 0 Å². The van der Waals surface area contributed by atoms with Crippen molar-refractivity contribution in [2.75, 3.05) is 13.2 Å². The van der Waals surface area contributed by atoms with Gasteiger partial charge in [-0.1, -0.05) is 0 Å². The van der Waals surface area contributed by atoms with E-state index >= 15 is 0 Å². The highest BCUT2D eigenvalue weighted by Crippen LogP contribution is 2.16. The highest BCUT2D eigenvalue weighted by molar-refractivity contribution is 5.87. The van der Waals surface area contributed by atoms with E-state index in [1.165, 1.54) is 6.92 Å². The van der Waals surface area contributed by atoms with Crippen LogP contribution in [0.25, 0.3) is 0 Å². The van der Waals surface area contributed by atoms with Gasteiger partial charge in [0.2, 0.25) is 0 Å². The van der Waals surface area contributed by atoms with Crippen LogP contribution in [0.1, 0.15) is 19.8 Å². The predicted octanol–water partition coefficient (Wildman–Crippen LogP) is 0.546. The number of aliphatic hydroxyl groups excluding tert-OH is 1. The van der Waals surface area contributed by atoms with Gasteiger partial charge in [0.25, 0.3) is 0 Å². The molecule has 1 N–H and O–H groups in total. The Labute approximate surface area is 72.7 Å². The molecule has 0 unspecified atom stereocenters. The minimum Gasteiger partial charge on any atom is -0.394 e. The number of rotatable bonds is 3. The van der Waals surface area contributed by atoms with Crippen LogP contribution in [0.3, 0.4) is 0 Å². The molecule has 3 heteroatoms. The van der Waals surface area contributed by atoms with E-state index in [1.807, 2.05) is 4.90 Å². The number of hydrogen-bond acceptors (Lipinski definition) is 3. The zero-order chi connectivity index (χ0) is 8.97. The summed E-state index contributed by atoms with van der Waals surface area (Å²) in [6.07, 6.45) is 5.47. The Hall–Kier alpha value is -0.830. The third-order valence-corrected chi connectivity index (χ3v) is 2.13. The van der Waals surface area contributed by atoms with E-state index in [0.717, 1.165) is 19.4 Å². The van der Waals surface area contributed by atoms with Crippen molar-refractivity contribution >= 4 is 5.78 Å². The van der Waals surface area contributed by atoms with E-state index in [-0.39, 0.29) is 18.4 Å². The van der Waals surface area contributed by atoms with Crippen LogP contribution in [-0.2, 0) is 4.79 Å². The van der Waals surface area contributed by atoms with Gasteiger partial charge in [-0.2, -0.15) is 0 Å². The Kier molecular flexibility index (Phi) is 3.29. The van der Waals surface area contributed by atoms with Crippen molar-refractivity contribution in [1.82, 2.24) is 4.90 Å². The lowest BCUT2D eigenvalue weighted by Crippen LogP contribution is -2.27. The minimum atomic E-state index is 0.0542. The summed E-state index contributed by atoms with van der Waals surface area (Å²) in [5, 5.41) is 8.94. The third kappa shape index (κ3) is 2.34. The lowest BCUT2D eigenvalue weighted by Gasteiger charge is -2.19. The van der Waals surface area contributed by atoms with Crippen LogP contribution < -0.4 is 0 Å². The summed E-state index contributed by atoms with van der Waals surface area (Å²) in [6, 6.07) is 0.223. The van der Waals surface area contributed by atoms with Gasteiger partial charge in [0, 0.05) is 12.7 Å². The molecule has 3 nitrogen and oxygen atoms in total. The SMILES string of the molecule is CC(=O)/C=C/N1CCC[C@@H]1CO. The average molecular weight is 169 g/mol. The van der Waals surface area contributed by atoms with Gasteiger partial charge in [-0.3, -0.25) is 4.79 Å². The zero-order valence-electron chi connectivity index (χ0n) is 7.36.